The lowest BCUT2D eigenvalue weighted by atomic mass is 9.86. The fourth-order valence-electron chi connectivity index (χ4n) is 4.77. The third-order valence-electron chi connectivity index (χ3n) is 6.38. The number of fused-ring (bicyclic) bond motifs is 4. The molecule has 3 fully saturated rings. The predicted molar refractivity (Wildman–Crippen MR) is 107 cm³/mol. The van der Waals surface area contributed by atoms with E-state index in [1.165, 1.54) is 6.07 Å². The van der Waals surface area contributed by atoms with Crippen molar-refractivity contribution in [2.24, 2.45) is 5.92 Å². The summed E-state index contributed by atoms with van der Waals surface area (Å²) in [6, 6.07) is 12.1. The molecule has 4 aliphatic heterocycles. The van der Waals surface area contributed by atoms with E-state index in [4.69, 9.17) is 9.47 Å². The molecule has 1 unspecified atom stereocenters. The first-order chi connectivity index (χ1) is 14.2. The van der Waals surface area contributed by atoms with Gasteiger partial charge in [0.2, 0.25) is 0 Å². The molecule has 2 atom stereocenters. The molecule has 1 N–H and O–H groups in total. The number of alkyl carbamates (subject to hydrolysis) is 1. The fourth-order valence-corrected chi connectivity index (χ4v) is 4.77. The van der Waals surface area contributed by atoms with Gasteiger partial charge in [0.05, 0.1) is 12.6 Å². The molecule has 2 aromatic carbocycles. The molecule has 0 aromatic heterocycles. The zero-order chi connectivity index (χ0) is 19.8. The Balaban J connectivity index is 1.33. The summed E-state index contributed by atoms with van der Waals surface area (Å²) in [4.78, 5) is 15.0. The van der Waals surface area contributed by atoms with Crippen molar-refractivity contribution in [1.29, 1.82) is 0 Å². The first-order valence-corrected chi connectivity index (χ1v) is 10.4. The van der Waals surface area contributed by atoms with E-state index >= 15 is 0 Å². The van der Waals surface area contributed by atoms with Crippen LogP contribution in [0, 0.1) is 11.7 Å². The molecule has 0 aliphatic carbocycles. The van der Waals surface area contributed by atoms with E-state index in [0.29, 0.717) is 24.5 Å². The highest BCUT2D eigenvalue weighted by atomic mass is 19.1. The molecular formula is C23H25FN2O3. The fraction of sp³-hybridized carbons (Fsp3) is 0.435. The van der Waals surface area contributed by atoms with Crippen LogP contribution >= 0.6 is 0 Å². The molecule has 3 saturated heterocycles. The second-order valence-corrected chi connectivity index (χ2v) is 8.15. The zero-order valence-corrected chi connectivity index (χ0v) is 16.3. The second kappa shape index (κ2) is 7.67. The Morgan fingerprint density at radius 1 is 1.14 bits per heavy atom. The number of nitrogens with zero attached hydrogens (tertiary/aromatic N) is 1. The van der Waals surface area contributed by atoms with Gasteiger partial charge in [-0.1, -0.05) is 24.3 Å². The average Bonchev–Trinajstić information content (AvgIpc) is 2.75. The maximum absolute atomic E-state index is 14.2. The summed E-state index contributed by atoms with van der Waals surface area (Å²) in [5.41, 5.74) is 2.17. The van der Waals surface area contributed by atoms with E-state index in [9.17, 15) is 9.18 Å². The van der Waals surface area contributed by atoms with E-state index < -0.39 is 0 Å². The van der Waals surface area contributed by atoms with Gasteiger partial charge in [0.1, 0.15) is 17.7 Å². The summed E-state index contributed by atoms with van der Waals surface area (Å²) in [5, 5.41) is 3.02. The smallest absolute Gasteiger partial charge is 0.407 e. The van der Waals surface area contributed by atoms with Crippen LogP contribution in [0.15, 0.2) is 42.5 Å². The molecule has 6 rings (SSSR count). The van der Waals surface area contributed by atoms with Crippen molar-refractivity contribution in [3.05, 3.63) is 53.8 Å². The highest BCUT2D eigenvalue weighted by molar-refractivity contribution is 5.70. The van der Waals surface area contributed by atoms with Gasteiger partial charge >= 0.3 is 6.09 Å². The SMILES string of the molecule is O=C(NC1CCOc2ccc(-c3ccccc3F)cc21)O[C@H]1CN2CCC1CC2. The van der Waals surface area contributed by atoms with Crippen molar-refractivity contribution in [2.75, 3.05) is 26.2 Å². The first-order valence-electron chi connectivity index (χ1n) is 10.4. The summed E-state index contributed by atoms with van der Waals surface area (Å²) < 4.78 is 25.8. The van der Waals surface area contributed by atoms with E-state index in [-0.39, 0.29) is 24.1 Å². The molecule has 5 nitrogen and oxygen atoms in total. The lowest BCUT2D eigenvalue weighted by molar-refractivity contribution is -0.0342. The highest BCUT2D eigenvalue weighted by Gasteiger charge is 2.37. The minimum absolute atomic E-state index is 0.0263. The van der Waals surface area contributed by atoms with Crippen LogP contribution < -0.4 is 10.1 Å². The van der Waals surface area contributed by atoms with Crippen molar-refractivity contribution in [1.82, 2.24) is 10.2 Å². The Bertz CT molecular complexity index is 911. The summed E-state index contributed by atoms with van der Waals surface area (Å²) in [6.07, 6.45) is 2.45. The van der Waals surface area contributed by atoms with Crippen molar-refractivity contribution >= 4 is 6.09 Å². The van der Waals surface area contributed by atoms with Crippen LogP contribution in [0.25, 0.3) is 11.1 Å². The Hall–Kier alpha value is -2.60. The largest absolute Gasteiger partial charge is 0.493 e. The van der Waals surface area contributed by atoms with E-state index in [1.54, 1.807) is 12.1 Å². The summed E-state index contributed by atoms with van der Waals surface area (Å²) in [6.45, 7) is 3.58. The predicted octanol–water partition coefficient (Wildman–Crippen LogP) is 4.14. The molecule has 152 valence electrons. The Labute approximate surface area is 169 Å². The Morgan fingerprint density at radius 2 is 1.97 bits per heavy atom. The second-order valence-electron chi connectivity index (χ2n) is 8.15. The molecule has 6 heteroatoms. The van der Waals surface area contributed by atoms with Gasteiger partial charge in [-0.2, -0.15) is 0 Å². The maximum atomic E-state index is 14.2. The molecule has 29 heavy (non-hydrogen) atoms. The quantitative estimate of drug-likeness (QED) is 0.847. The van der Waals surface area contributed by atoms with Crippen LogP contribution in [0.1, 0.15) is 30.9 Å². The molecular weight excluding hydrogens is 371 g/mol. The van der Waals surface area contributed by atoms with Gasteiger partial charge in [-0.3, -0.25) is 4.90 Å². The third-order valence-corrected chi connectivity index (χ3v) is 6.38. The number of piperidine rings is 3. The Morgan fingerprint density at radius 3 is 2.72 bits per heavy atom. The number of rotatable bonds is 3. The molecule has 0 spiro atoms. The zero-order valence-electron chi connectivity index (χ0n) is 16.3. The molecule has 2 bridgehead atoms. The molecule has 4 heterocycles. The lowest BCUT2D eigenvalue weighted by Crippen LogP contribution is -2.52. The normalized spacial score (nSPS) is 27.6. The molecule has 2 aromatic rings. The minimum Gasteiger partial charge on any atom is -0.493 e. The monoisotopic (exact) mass is 396 g/mol. The van der Waals surface area contributed by atoms with Crippen molar-refractivity contribution in [3.8, 4) is 16.9 Å². The van der Waals surface area contributed by atoms with Crippen LogP contribution in [0.4, 0.5) is 9.18 Å². The standard InChI is InChI=1S/C23H25FN2O3/c24-19-4-2-1-3-17(19)16-5-6-21-18(13-16)20(9-12-28-21)25-23(27)29-22-14-26-10-7-15(22)8-11-26/h1-6,13,15,20,22H,7-12,14H2,(H,25,27)/t20?,22-/m0/s1. The van der Waals surface area contributed by atoms with Gasteiger partial charge in [0, 0.05) is 24.1 Å². The number of nitrogens with one attached hydrogen (secondary N) is 1. The maximum Gasteiger partial charge on any atom is 0.407 e. The number of hydrogen-bond donors (Lipinski definition) is 1. The molecule has 0 radical (unpaired) electrons. The number of carbonyl (C=O) groups excluding carboxylic acids is 1. The number of ether oxygens (including phenoxy) is 2. The van der Waals surface area contributed by atoms with Crippen LogP contribution in [0.3, 0.4) is 0 Å². The third kappa shape index (κ3) is 3.69. The number of carbonyl (C=O) groups is 1. The first kappa shape index (κ1) is 18.4. The molecule has 0 saturated carbocycles. The summed E-state index contributed by atoms with van der Waals surface area (Å²) >= 11 is 0. The van der Waals surface area contributed by atoms with Gasteiger partial charge < -0.3 is 14.8 Å². The van der Waals surface area contributed by atoms with Gasteiger partial charge in [-0.15, -0.1) is 0 Å². The van der Waals surface area contributed by atoms with Gasteiger partial charge in [0.15, 0.2) is 0 Å². The summed E-state index contributed by atoms with van der Waals surface area (Å²) in [5.74, 6) is 0.931. The van der Waals surface area contributed by atoms with Crippen LogP contribution in [0.2, 0.25) is 0 Å². The average molecular weight is 396 g/mol. The number of amides is 1. The van der Waals surface area contributed by atoms with Crippen molar-refractivity contribution in [3.63, 3.8) is 0 Å². The number of benzene rings is 2. The lowest BCUT2D eigenvalue weighted by Gasteiger charge is -2.44. The Kier molecular flexibility index (Phi) is 4.87. The minimum atomic E-state index is -0.377. The molecule has 4 aliphatic rings. The van der Waals surface area contributed by atoms with E-state index in [1.807, 2.05) is 24.3 Å². The number of hydrogen-bond acceptors (Lipinski definition) is 4. The van der Waals surface area contributed by atoms with Crippen molar-refractivity contribution < 1.29 is 18.7 Å². The highest BCUT2D eigenvalue weighted by Crippen LogP contribution is 2.36. The number of halogens is 1. The van der Waals surface area contributed by atoms with Crippen LogP contribution in [0.5, 0.6) is 5.75 Å². The van der Waals surface area contributed by atoms with Crippen LogP contribution in [-0.4, -0.2) is 43.3 Å². The van der Waals surface area contributed by atoms with Gasteiger partial charge in [-0.05, 0) is 55.6 Å². The topological polar surface area (TPSA) is 50.8 Å². The van der Waals surface area contributed by atoms with E-state index in [0.717, 1.165) is 49.4 Å². The summed E-state index contributed by atoms with van der Waals surface area (Å²) in [7, 11) is 0. The van der Waals surface area contributed by atoms with Gasteiger partial charge in [-0.25, -0.2) is 9.18 Å². The van der Waals surface area contributed by atoms with E-state index in [2.05, 4.69) is 10.2 Å². The van der Waals surface area contributed by atoms with Crippen molar-refractivity contribution in [2.45, 2.75) is 31.4 Å². The molecule has 1 amide bonds. The van der Waals surface area contributed by atoms with Gasteiger partial charge in [0.25, 0.3) is 0 Å². The van der Waals surface area contributed by atoms with Crippen LogP contribution in [-0.2, 0) is 4.74 Å².